The van der Waals surface area contributed by atoms with Crippen molar-refractivity contribution in [1.82, 2.24) is 20.5 Å². The third-order valence-electron chi connectivity index (χ3n) is 7.42. The third kappa shape index (κ3) is 8.48. The summed E-state index contributed by atoms with van der Waals surface area (Å²) in [6, 6.07) is 17.1. The molecule has 6 rings (SSSR count). The van der Waals surface area contributed by atoms with Crippen molar-refractivity contribution in [3.63, 3.8) is 0 Å². The van der Waals surface area contributed by atoms with Crippen LogP contribution in [-0.4, -0.2) is 58.5 Å². The SMILES string of the molecule is CNC(=O)c1cc(Oc2ccc(NC(=O)Nc3ccc(Cl)c(C(F)(F)F)c3)cc2)ccn1.O=C1CCC(N2C(=O)c3ccccc3C2=O)C(=O)N1. The molecule has 0 saturated carbocycles. The third-order valence-corrected chi connectivity index (χ3v) is 7.75. The summed E-state index contributed by atoms with van der Waals surface area (Å²) < 4.78 is 44.5. The molecule has 17 heteroatoms. The summed E-state index contributed by atoms with van der Waals surface area (Å²) in [4.78, 5) is 75.9. The summed E-state index contributed by atoms with van der Waals surface area (Å²) in [5.41, 5.74) is 0.0591. The molecule has 3 heterocycles. The van der Waals surface area contributed by atoms with Crippen LogP contribution in [0.4, 0.5) is 29.3 Å². The zero-order valence-corrected chi connectivity index (χ0v) is 27.1. The number of benzene rings is 3. The lowest BCUT2D eigenvalue weighted by molar-refractivity contribution is -0.138. The fourth-order valence-electron chi connectivity index (χ4n) is 5.00. The Balaban J connectivity index is 0.000000224. The zero-order chi connectivity index (χ0) is 36.9. The van der Waals surface area contributed by atoms with E-state index in [4.69, 9.17) is 16.3 Å². The van der Waals surface area contributed by atoms with Crippen molar-refractivity contribution in [1.29, 1.82) is 0 Å². The van der Waals surface area contributed by atoms with Crippen LogP contribution in [0.3, 0.4) is 0 Å². The number of amides is 7. The predicted octanol–water partition coefficient (Wildman–Crippen LogP) is 5.64. The van der Waals surface area contributed by atoms with E-state index in [1.165, 1.54) is 25.4 Å². The number of imide groups is 2. The van der Waals surface area contributed by atoms with E-state index in [-0.39, 0.29) is 36.0 Å². The molecule has 2 aliphatic rings. The highest BCUT2D eigenvalue weighted by molar-refractivity contribution is 6.31. The molecule has 2 aliphatic heterocycles. The van der Waals surface area contributed by atoms with E-state index in [0.717, 1.165) is 17.0 Å². The Labute approximate surface area is 292 Å². The molecule has 51 heavy (non-hydrogen) atoms. The number of alkyl halides is 3. The molecule has 0 bridgehead atoms. The van der Waals surface area contributed by atoms with Crippen LogP contribution in [0.25, 0.3) is 0 Å². The summed E-state index contributed by atoms with van der Waals surface area (Å²) in [5.74, 6) is -1.46. The maximum absolute atomic E-state index is 12.9. The van der Waals surface area contributed by atoms with Gasteiger partial charge in [-0.25, -0.2) is 4.79 Å². The van der Waals surface area contributed by atoms with Gasteiger partial charge in [0.05, 0.1) is 21.7 Å². The van der Waals surface area contributed by atoms with Crippen LogP contribution in [0, 0.1) is 0 Å². The van der Waals surface area contributed by atoms with E-state index in [2.05, 4.69) is 26.3 Å². The number of fused-ring (bicyclic) bond motifs is 1. The second kappa shape index (κ2) is 15.1. The second-order valence-electron chi connectivity index (χ2n) is 10.8. The fraction of sp³-hybridized carbons (Fsp3) is 0.147. The largest absolute Gasteiger partial charge is 0.457 e. The van der Waals surface area contributed by atoms with E-state index in [9.17, 15) is 41.9 Å². The van der Waals surface area contributed by atoms with E-state index in [1.54, 1.807) is 54.6 Å². The molecule has 1 saturated heterocycles. The number of anilines is 2. The Bertz CT molecular complexity index is 2010. The van der Waals surface area contributed by atoms with Crippen LogP contribution < -0.4 is 26.0 Å². The Morgan fingerprint density at radius 1 is 0.882 bits per heavy atom. The number of nitrogens with zero attached hydrogens (tertiary/aromatic N) is 2. The standard InChI is InChI=1S/C21H16ClF3N4O3.C13H10N2O4/c1-26-19(30)18-11-15(8-9-27-18)32-14-5-2-12(3-6-14)28-20(31)29-13-4-7-17(22)16(10-13)21(23,24)25;16-10-6-5-9(11(17)14-10)15-12(18)7-3-1-2-4-8(7)13(15)19/h2-11H,1H3,(H,26,30)(H2,28,29,31);1-4,9H,5-6H2,(H,14,16,17). The highest BCUT2D eigenvalue weighted by atomic mass is 35.5. The van der Waals surface area contributed by atoms with Crippen LogP contribution >= 0.6 is 11.6 Å². The highest BCUT2D eigenvalue weighted by Gasteiger charge is 2.44. The summed E-state index contributed by atoms with van der Waals surface area (Å²) in [6.07, 6.45) is -2.90. The number of aromatic nitrogens is 1. The van der Waals surface area contributed by atoms with Crippen molar-refractivity contribution in [3.05, 3.63) is 112 Å². The average molecular weight is 723 g/mol. The van der Waals surface area contributed by atoms with Crippen molar-refractivity contribution in [2.45, 2.75) is 25.1 Å². The van der Waals surface area contributed by atoms with Crippen molar-refractivity contribution in [3.8, 4) is 11.5 Å². The van der Waals surface area contributed by atoms with E-state index in [0.29, 0.717) is 28.3 Å². The minimum atomic E-state index is -4.64. The molecule has 0 spiro atoms. The van der Waals surface area contributed by atoms with E-state index < -0.39 is 46.6 Å². The number of rotatable bonds is 6. The van der Waals surface area contributed by atoms with Crippen molar-refractivity contribution in [2.24, 2.45) is 0 Å². The van der Waals surface area contributed by atoms with Gasteiger partial charge in [0.15, 0.2) is 0 Å². The normalized spacial score (nSPS) is 15.2. The lowest BCUT2D eigenvalue weighted by Crippen LogP contribution is -2.54. The molecule has 1 atom stereocenters. The minimum absolute atomic E-state index is 0.0659. The van der Waals surface area contributed by atoms with Gasteiger partial charge in [-0.15, -0.1) is 0 Å². The second-order valence-corrected chi connectivity index (χ2v) is 11.3. The van der Waals surface area contributed by atoms with Gasteiger partial charge >= 0.3 is 12.2 Å². The lowest BCUT2D eigenvalue weighted by atomic mass is 10.0. The van der Waals surface area contributed by atoms with E-state index >= 15 is 0 Å². The number of carbonyl (C=O) groups is 6. The van der Waals surface area contributed by atoms with Gasteiger partial charge in [-0.05, 0) is 67.1 Å². The van der Waals surface area contributed by atoms with Crippen molar-refractivity contribution in [2.75, 3.05) is 17.7 Å². The summed E-state index contributed by atoms with van der Waals surface area (Å²) in [7, 11) is 1.49. The average Bonchev–Trinajstić information content (AvgIpc) is 3.35. The van der Waals surface area contributed by atoms with Gasteiger partial charge in [0.1, 0.15) is 23.2 Å². The topological polar surface area (TPSA) is 176 Å². The molecule has 1 fully saturated rings. The summed E-state index contributed by atoms with van der Waals surface area (Å²) >= 11 is 5.57. The number of piperidine rings is 1. The zero-order valence-electron chi connectivity index (χ0n) is 26.3. The monoisotopic (exact) mass is 722 g/mol. The molecular weight excluding hydrogens is 697 g/mol. The van der Waals surface area contributed by atoms with Crippen LogP contribution in [0.15, 0.2) is 85.1 Å². The van der Waals surface area contributed by atoms with Gasteiger partial charge in [0, 0.05) is 37.1 Å². The molecule has 262 valence electrons. The van der Waals surface area contributed by atoms with E-state index in [1.807, 2.05) is 0 Å². The van der Waals surface area contributed by atoms with Gasteiger partial charge in [0.2, 0.25) is 11.8 Å². The molecule has 1 unspecified atom stereocenters. The summed E-state index contributed by atoms with van der Waals surface area (Å²) in [6.45, 7) is 0. The summed E-state index contributed by atoms with van der Waals surface area (Å²) in [5, 5.41) is 8.98. The van der Waals surface area contributed by atoms with Gasteiger partial charge in [-0.1, -0.05) is 23.7 Å². The lowest BCUT2D eigenvalue weighted by Gasteiger charge is -2.27. The number of pyridine rings is 1. The first-order valence-corrected chi connectivity index (χ1v) is 15.3. The molecule has 0 radical (unpaired) electrons. The highest BCUT2D eigenvalue weighted by Crippen LogP contribution is 2.36. The maximum atomic E-state index is 12.9. The quantitative estimate of drug-likeness (QED) is 0.185. The Morgan fingerprint density at radius 2 is 1.51 bits per heavy atom. The van der Waals surface area contributed by atoms with Crippen LogP contribution in [0.2, 0.25) is 5.02 Å². The van der Waals surface area contributed by atoms with Gasteiger partial charge in [-0.3, -0.25) is 39.2 Å². The Hall–Kier alpha value is -6.29. The number of hydrogen-bond donors (Lipinski definition) is 4. The van der Waals surface area contributed by atoms with Gasteiger partial charge < -0.3 is 20.7 Å². The first-order chi connectivity index (χ1) is 24.2. The molecule has 7 amide bonds. The number of ether oxygens (including phenoxy) is 1. The predicted molar refractivity (Wildman–Crippen MR) is 176 cm³/mol. The maximum Gasteiger partial charge on any atom is 0.417 e. The molecule has 3 aromatic carbocycles. The van der Waals surface area contributed by atoms with Crippen molar-refractivity contribution >= 4 is 58.5 Å². The van der Waals surface area contributed by atoms with Crippen molar-refractivity contribution < 1.29 is 46.7 Å². The number of hydrogen-bond acceptors (Lipinski definition) is 8. The van der Waals surface area contributed by atoms with Crippen LogP contribution in [-0.2, 0) is 15.8 Å². The smallest absolute Gasteiger partial charge is 0.417 e. The van der Waals surface area contributed by atoms with Gasteiger partial charge in [-0.2, -0.15) is 13.2 Å². The van der Waals surface area contributed by atoms with Crippen LogP contribution in [0.5, 0.6) is 11.5 Å². The molecule has 1 aromatic heterocycles. The number of nitrogens with one attached hydrogen (secondary N) is 4. The number of carbonyl (C=O) groups excluding carboxylic acids is 6. The number of urea groups is 1. The van der Waals surface area contributed by atoms with Crippen LogP contribution in [0.1, 0.15) is 49.6 Å². The molecule has 4 aromatic rings. The first-order valence-electron chi connectivity index (χ1n) is 15.0. The minimum Gasteiger partial charge on any atom is -0.457 e. The molecule has 4 N–H and O–H groups in total. The fourth-order valence-corrected chi connectivity index (χ4v) is 5.23. The molecule has 13 nitrogen and oxygen atoms in total. The Morgan fingerprint density at radius 3 is 2.12 bits per heavy atom. The van der Waals surface area contributed by atoms with Gasteiger partial charge in [0.25, 0.3) is 17.7 Å². The Kier molecular flexibility index (Phi) is 10.6. The first kappa shape index (κ1) is 36.0. The molecule has 0 aliphatic carbocycles. The molecular formula is C34H26ClF3N6O7. The number of halogens is 4.